The van der Waals surface area contributed by atoms with Crippen LogP contribution in [0, 0.1) is 13.8 Å². The van der Waals surface area contributed by atoms with E-state index in [9.17, 15) is 4.79 Å². The summed E-state index contributed by atoms with van der Waals surface area (Å²) < 4.78 is 0. The minimum atomic E-state index is 0.259. The Labute approximate surface area is 110 Å². The summed E-state index contributed by atoms with van der Waals surface area (Å²) >= 11 is 0. The van der Waals surface area contributed by atoms with Crippen LogP contribution in [0.15, 0.2) is 29.8 Å². The minimum absolute atomic E-state index is 0.259. The average molecular weight is 242 g/mol. The Hall–Kier alpha value is -1.37. The molecule has 0 N–H and O–H groups in total. The smallest absolute Gasteiger partial charge is 0.160 e. The molecule has 0 unspecified atom stereocenters. The summed E-state index contributed by atoms with van der Waals surface area (Å²) in [6, 6.07) is 6.30. The third-order valence-electron chi connectivity index (χ3n) is 3.81. The highest BCUT2D eigenvalue weighted by atomic mass is 16.1. The van der Waals surface area contributed by atoms with Crippen LogP contribution in [-0.4, -0.2) is 5.78 Å². The zero-order chi connectivity index (χ0) is 13.0. The van der Waals surface area contributed by atoms with Gasteiger partial charge in [0.25, 0.3) is 0 Å². The summed E-state index contributed by atoms with van der Waals surface area (Å²) in [5, 5.41) is 0. The maximum absolute atomic E-state index is 12.0. The first-order valence-corrected chi connectivity index (χ1v) is 6.93. The maximum Gasteiger partial charge on any atom is 0.160 e. The van der Waals surface area contributed by atoms with E-state index in [4.69, 9.17) is 0 Å². The van der Waals surface area contributed by atoms with Crippen molar-refractivity contribution in [1.82, 2.24) is 0 Å². The average Bonchev–Trinajstić information content (AvgIpc) is 2.35. The van der Waals surface area contributed by atoms with Crippen molar-refractivity contribution in [3.8, 4) is 0 Å². The number of hydrogen-bond donors (Lipinski definition) is 0. The molecular formula is C17H22O. The molecule has 1 fully saturated rings. The summed E-state index contributed by atoms with van der Waals surface area (Å²) in [6.45, 7) is 4.20. The SMILES string of the molecule is Cc1ccc(CC(=O)C=C2CCCCC2)cc1C. The minimum Gasteiger partial charge on any atom is -0.294 e. The van der Waals surface area contributed by atoms with E-state index in [1.54, 1.807) is 0 Å². The number of carbonyl (C=O) groups is 1. The number of hydrogen-bond acceptors (Lipinski definition) is 1. The van der Waals surface area contributed by atoms with E-state index in [0.717, 1.165) is 18.4 Å². The highest BCUT2D eigenvalue weighted by molar-refractivity contribution is 5.92. The number of aryl methyl sites for hydroxylation is 2. The van der Waals surface area contributed by atoms with Crippen molar-refractivity contribution in [2.24, 2.45) is 0 Å². The molecule has 1 heteroatoms. The van der Waals surface area contributed by atoms with Crippen molar-refractivity contribution < 1.29 is 4.79 Å². The Morgan fingerprint density at radius 1 is 1.11 bits per heavy atom. The normalized spacial score (nSPS) is 15.6. The van der Waals surface area contributed by atoms with E-state index in [1.165, 1.54) is 36.0 Å². The highest BCUT2D eigenvalue weighted by Crippen LogP contribution is 2.22. The van der Waals surface area contributed by atoms with Crippen molar-refractivity contribution in [2.45, 2.75) is 52.4 Å². The van der Waals surface area contributed by atoms with Gasteiger partial charge in [0, 0.05) is 6.42 Å². The molecule has 1 nitrogen and oxygen atoms in total. The first kappa shape index (κ1) is 13.1. The predicted molar refractivity (Wildman–Crippen MR) is 75.8 cm³/mol. The summed E-state index contributed by atoms with van der Waals surface area (Å²) in [5.74, 6) is 0.259. The van der Waals surface area contributed by atoms with Crippen LogP contribution in [0.5, 0.6) is 0 Å². The van der Waals surface area contributed by atoms with Crippen LogP contribution in [0.1, 0.15) is 48.8 Å². The molecule has 0 spiro atoms. The van der Waals surface area contributed by atoms with Gasteiger partial charge in [-0.15, -0.1) is 0 Å². The zero-order valence-corrected chi connectivity index (χ0v) is 11.5. The summed E-state index contributed by atoms with van der Waals surface area (Å²) in [6.07, 6.45) is 8.52. The molecule has 1 saturated carbocycles. The Kier molecular flexibility index (Phi) is 4.35. The Morgan fingerprint density at radius 3 is 2.50 bits per heavy atom. The lowest BCUT2D eigenvalue weighted by molar-refractivity contribution is -0.114. The van der Waals surface area contributed by atoms with Gasteiger partial charge in [0.05, 0.1) is 0 Å². The van der Waals surface area contributed by atoms with Gasteiger partial charge in [0.2, 0.25) is 0 Å². The second kappa shape index (κ2) is 5.99. The van der Waals surface area contributed by atoms with Gasteiger partial charge in [-0.2, -0.15) is 0 Å². The largest absolute Gasteiger partial charge is 0.294 e. The predicted octanol–water partition coefficient (Wildman–Crippen LogP) is 4.31. The molecule has 0 radical (unpaired) electrons. The van der Waals surface area contributed by atoms with Gasteiger partial charge in [-0.1, -0.05) is 30.2 Å². The van der Waals surface area contributed by atoms with E-state index in [2.05, 4.69) is 32.0 Å². The maximum atomic E-state index is 12.0. The van der Waals surface area contributed by atoms with Crippen LogP contribution >= 0.6 is 0 Å². The van der Waals surface area contributed by atoms with E-state index in [-0.39, 0.29) is 5.78 Å². The van der Waals surface area contributed by atoms with Crippen molar-refractivity contribution in [3.63, 3.8) is 0 Å². The molecule has 0 atom stereocenters. The summed E-state index contributed by atoms with van der Waals surface area (Å²) in [7, 11) is 0. The molecule has 96 valence electrons. The fourth-order valence-corrected chi connectivity index (χ4v) is 2.54. The van der Waals surface area contributed by atoms with E-state index >= 15 is 0 Å². The van der Waals surface area contributed by atoms with Gasteiger partial charge in [-0.3, -0.25) is 4.79 Å². The molecule has 0 bridgehead atoms. The fourth-order valence-electron chi connectivity index (χ4n) is 2.54. The van der Waals surface area contributed by atoms with Crippen LogP contribution in [0.3, 0.4) is 0 Å². The van der Waals surface area contributed by atoms with Crippen molar-refractivity contribution in [3.05, 3.63) is 46.5 Å². The fraction of sp³-hybridized carbons (Fsp3) is 0.471. The molecule has 18 heavy (non-hydrogen) atoms. The molecule has 1 aliphatic carbocycles. The summed E-state index contributed by atoms with van der Waals surface area (Å²) in [4.78, 5) is 12.0. The molecule has 1 aromatic carbocycles. The van der Waals surface area contributed by atoms with Crippen LogP contribution < -0.4 is 0 Å². The van der Waals surface area contributed by atoms with Crippen LogP contribution in [0.4, 0.5) is 0 Å². The van der Waals surface area contributed by atoms with Crippen LogP contribution in [-0.2, 0) is 11.2 Å². The Bertz CT molecular complexity index is 460. The van der Waals surface area contributed by atoms with Gasteiger partial charge in [0.15, 0.2) is 5.78 Å². The monoisotopic (exact) mass is 242 g/mol. The first-order valence-electron chi connectivity index (χ1n) is 6.93. The van der Waals surface area contributed by atoms with Gasteiger partial charge in [0.1, 0.15) is 0 Å². The third-order valence-corrected chi connectivity index (χ3v) is 3.81. The molecule has 0 heterocycles. The second-order valence-corrected chi connectivity index (χ2v) is 5.42. The van der Waals surface area contributed by atoms with Crippen molar-refractivity contribution in [2.75, 3.05) is 0 Å². The number of benzene rings is 1. The lowest BCUT2D eigenvalue weighted by Gasteiger charge is -2.13. The van der Waals surface area contributed by atoms with E-state index in [1.807, 2.05) is 6.08 Å². The Morgan fingerprint density at radius 2 is 1.83 bits per heavy atom. The number of rotatable bonds is 3. The van der Waals surface area contributed by atoms with Crippen LogP contribution in [0.25, 0.3) is 0 Å². The molecule has 0 aliphatic heterocycles. The van der Waals surface area contributed by atoms with Gasteiger partial charge < -0.3 is 0 Å². The lowest BCUT2D eigenvalue weighted by Crippen LogP contribution is -2.03. The lowest BCUT2D eigenvalue weighted by atomic mass is 9.93. The number of allylic oxidation sites excluding steroid dienone is 2. The van der Waals surface area contributed by atoms with E-state index < -0.39 is 0 Å². The van der Waals surface area contributed by atoms with Gasteiger partial charge in [-0.05, 0) is 62.3 Å². The second-order valence-electron chi connectivity index (χ2n) is 5.42. The van der Waals surface area contributed by atoms with Crippen molar-refractivity contribution in [1.29, 1.82) is 0 Å². The first-order chi connectivity index (χ1) is 8.65. The quantitative estimate of drug-likeness (QED) is 0.722. The molecule has 1 aromatic rings. The molecule has 2 rings (SSSR count). The molecule has 1 aliphatic rings. The zero-order valence-electron chi connectivity index (χ0n) is 11.5. The summed E-state index contributed by atoms with van der Waals surface area (Å²) in [5.41, 5.74) is 5.05. The standard InChI is InChI=1S/C17H22O/c1-13-8-9-16(10-14(13)2)12-17(18)11-15-6-4-3-5-7-15/h8-11H,3-7,12H2,1-2H3. The number of carbonyl (C=O) groups excluding carboxylic acids is 1. The molecule has 0 amide bonds. The molecule has 0 saturated heterocycles. The highest BCUT2D eigenvalue weighted by Gasteiger charge is 2.08. The molecular weight excluding hydrogens is 220 g/mol. The molecule has 0 aromatic heterocycles. The van der Waals surface area contributed by atoms with Gasteiger partial charge >= 0.3 is 0 Å². The Balaban J connectivity index is 2.00. The van der Waals surface area contributed by atoms with Crippen molar-refractivity contribution >= 4 is 5.78 Å². The van der Waals surface area contributed by atoms with E-state index in [0.29, 0.717) is 6.42 Å². The number of ketones is 1. The van der Waals surface area contributed by atoms with Crippen LogP contribution in [0.2, 0.25) is 0 Å². The topological polar surface area (TPSA) is 17.1 Å². The van der Waals surface area contributed by atoms with Gasteiger partial charge in [-0.25, -0.2) is 0 Å². The third kappa shape index (κ3) is 3.56.